The number of nitrogens with zero attached hydrogens (tertiary/aromatic N) is 3. The molecule has 1 amide bonds. The Labute approximate surface area is 137 Å². The molecule has 0 fully saturated rings. The van der Waals surface area contributed by atoms with Crippen LogP contribution >= 0.6 is 11.3 Å². The summed E-state index contributed by atoms with van der Waals surface area (Å²) in [5.74, 6) is -0.167. The summed E-state index contributed by atoms with van der Waals surface area (Å²) in [5, 5.41) is 3.84. The van der Waals surface area contributed by atoms with E-state index in [4.69, 9.17) is 0 Å². The highest BCUT2D eigenvalue weighted by Gasteiger charge is 2.15. The number of aromatic nitrogens is 3. The fourth-order valence-corrected chi connectivity index (χ4v) is 3.49. The number of hydrogen-bond acceptors (Lipinski definition) is 4. The number of benzene rings is 1. The highest BCUT2D eigenvalue weighted by atomic mass is 32.1. The van der Waals surface area contributed by atoms with E-state index in [0.29, 0.717) is 10.6 Å². The Balaban J connectivity index is 1.95. The van der Waals surface area contributed by atoms with Crippen LogP contribution in [0.15, 0.2) is 23.0 Å². The fraction of sp³-hybridized carbons (Fsp3) is 0.312. The predicted octanol–water partition coefficient (Wildman–Crippen LogP) is 2.46. The summed E-state index contributed by atoms with van der Waals surface area (Å²) < 4.78 is 3.15. The summed E-state index contributed by atoms with van der Waals surface area (Å²) in [6.07, 6.45) is 0.816. The van der Waals surface area contributed by atoms with Crippen molar-refractivity contribution in [2.75, 3.05) is 5.32 Å². The molecule has 0 saturated carbocycles. The van der Waals surface area contributed by atoms with Crippen molar-refractivity contribution in [2.45, 2.75) is 20.3 Å². The first-order valence-corrected chi connectivity index (χ1v) is 8.17. The van der Waals surface area contributed by atoms with Gasteiger partial charge in [-0.15, -0.1) is 11.3 Å². The van der Waals surface area contributed by atoms with Crippen LogP contribution in [-0.2, 0) is 20.5 Å². The van der Waals surface area contributed by atoms with Gasteiger partial charge >= 0.3 is 5.69 Å². The minimum atomic E-state index is -0.167. The highest BCUT2D eigenvalue weighted by molar-refractivity contribution is 7.13. The number of carbonyl (C=O) groups excluding carboxylic acids is 1. The van der Waals surface area contributed by atoms with Crippen LogP contribution < -0.4 is 11.0 Å². The minimum Gasteiger partial charge on any atom is -0.321 e. The van der Waals surface area contributed by atoms with Crippen LogP contribution in [0.5, 0.6) is 0 Å². The molecule has 23 heavy (non-hydrogen) atoms. The van der Waals surface area contributed by atoms with Crippen molar-refractivity contribution < 1.29 is 4.79 Å². The maximum absolute atomic E-state index is 12.4. The zero-order valence-electron chi connectivity index (χ0n) is 13.5. The third-order valence-corrected chi connectivity index (χ3v) is 5.18. The predicted molar refractivity (Wildman–Crippen MR) is 92.3 cm³/mol. The molecule has 0 aliphatic heterocycles. The number of fused-ring (bicyclic) bond motifs is 1. The van der Waals surface area contributed by atoms with Crippen LogP contribution in [0, 0.1) is 6.92 Å². The van der Waals surface area contributed by atoms with Crippen molar-refractivity contribution >= 4 is 34.0 Å². The highest BCUT2D eigenvalue weighted by Crippen LogP contribution is 2.22. The third-order valence-electron chi connectivity index (χ3n) is 3.88. The van der Waals surface area contributed by atoms with Crippen LogP contribution in [0.1, 0.15) is 27.3 Å². The molecule has 0 atom stereocenters. The Morgan fingerprint density at radius 3 is 2.61 bits per heavy atom. The molecule has 120 valence electrons. The van der Waals surface area contributed by atoms with E-state index in [-0.39, 0.29) is 11.6 Å². The van der Waals surface area contributed by atoms with Gasteiger partial charge in [0.1, 0.15) is 4.88 Å². The summed E-state index contributed by atoms with van der Waals surface area (Å²) in [6, 6.07) is 5.45. The third kappa shape index (κ3) is 2.57. The zero-order valence-corrected chi connectivity index (χ0v) is 14.3. The molecule has 3 aromatic rings. The Kier molecular flexibility index (Phi) is 3.81. The molecule has 0 bridgehead atoms. The van der Waals surface area contributed by atoms with E-state index < -0.39 is 0 Å². The number of anilines is 1. The van der Waals surface area contributed by atoms with Gasteiger partial charge in [0.05, 0.1) is 21.7 Å². The molecule has 6 nitrogen and oxygen atoms in total. The first-order chi connectivity index (χ1) is 10.9. The average Bonchev–Trinajstić information content (AvgIpc) is 3.02. The monoisotopic (exact) mass is 330 g/mol. The maximum Gasteiger partial charge on any atom is 0.328 e. The Morgan fingerprint density at radius 1 is 1.26 bits per heavy atom. The van der Waals surface area contributed by atoms with Crippen molar-refractivity contribution in [1.29, 1.82) is 0 Å². The van der Waals surface area contributed by atoms with Crippen molar-refractivity contribution in [3.63, 3.8) is 0 Å². The molecule has 7 heteroatoms. The van der Waals surface area contributed by atoms with Crippen molar-refractivity contribution in [3.8, 4) is 0 Å². The second-order valence-electron chi connectivity index (χ2n) is 5.43. The number of carbonyl (C=O) groups is 1. The molecule has 1 aromatic carbocycles. The smallest absolute Gasteiger partial charge is 0.321 e. The lowest BCUT2D eigenvalue weighted by Gasteiger charge is -2.05. The topological polar surface area (TPSA) is 68.9 Å². The molecule has 0 aliphatic rings. The fourth-order valence-electron chi connectivity index (χ4n) is 2.59. The Morgan fingerprint density at radius 2 is 1.96 bits per heavy atom. The van der Waals surface area contributed by atoms with Crippen molar-refractivity contribution in [3.05, 3.63) is 44.3 Å². The molecule has 0 aliphatic carbocycles. The lowest BCUT2D eigenvalue weighted by molar-refractivity contribution is 0.103. The van der Waals surface area contributed by atoms with E-state index in [2.05, 4.69) is 10.3 Å². The number of imidazole rings is 1. The van der Waals surface area contributed by atoms with Crippen LogP contribution in [0.2, 0.25) is 0 Å². The molecule has 0 saturated heterocycles. The second kappa shape index (κ2) is 5.66. The quantitative estimate of drug-likeness (QED) is 0.802. The van der Waals surface area contributed by atoms with Crippen LogP contribution in [-0.4, -0.2) is 20.0 Å². The molecule has 0 unspecified atom stereocenters. The van der Waals surface area contributed by atoms with Gasteiger partial charge in [0, 0.05) is 19.8 Å². The van der Waals surface area contributed by atoms with Crippen LogP contribution in [0.3, 0.4) is 0 Å². The normalized spacial score (nSPS) is 11.1. The van der Waals surface area contributed by atoms with Crippen LogP contribution in [0.4, 0.5) is 5.69 Å². The van der Waals surface area contributed by atoms with E-state index in [1.165, 1.54) is 11.3 Å². The van der Waals surface area contributed by atoms with Gasteiger partial charge in [-0.05, 0) is 31.5 Å². The van der Waals surface area contributed by atoms with Gasteiger partial charge in [-0.3, -0.25) is 13.9 Å². The summed E-state index contributed by atoms with van der Waals surface area (Å²) in [4.78, 5) is 29.4. The van der Waals surface area contributed by atoms with E-state index in [9.17, 15) is 9.59 Å². The number of amides is 1. The number of rotatable bonds is 3. The van der Waals surface area contributed by atoms with Gasteiger partial charge in [-0.2, -0.15) is 0 Å². The Bertz CT molecular complexity index is 965. The first kappa shape index (κ1) is 15.5. The summed E-state index contributed by atoms with van der Waals surface area (Å²) in [6.45, 7) is 3.86. The van der Waals surface area contributed by atoms with E-state index in [1.54, 1.807) is 29.3 Å². The molecule has 3 rings (SSSR count). The van der Waals surface area contributed by atoms with Gasteiger partial charge in [-0.1, -0.05) is 6.92 Å². The van der Waals surface area contributed by atoms with Gasteiger partial charge < -0.3 is 5.32 Å². The number of nitrogens with one attached hydrogen (secondary N) is 1. The van der Waals surface area contributed by atoms with Crippen molar-refractivity contribution in [2.24, 2.45) is 14.1 Å². The summed E-state index contributed by atoms with van der Waals surface area (Å²) in [5.41, 5.74) is 2.93. The second-order valence-corrected chi connectivity index (χ2v) is 6.52. The summed E-state index contributed by atoms with van der Waals surface area (Å²) >= 11 is 1.42. The largest absolute Gasteiger partial charge is 0.328 e. The van der Waals surface area contributed by atoms with Gasteiger partial charge in [-0.25, -0.2) is 9.78 Å². The van der Waals surface area contributed by atoms with Crippen molar-refractivity contribution in [1.82, 2.24) is 14.1 Å². The SMILES string of the molecule is CCc1nc(C)c(C(=O)Nc2ccc3c(c2)n(C)c(=O)n3C)s1. The number of hydrogen-bond donors (Lipinski definition) is 1. The Hall–Kier alpha value is -2.41. The van der Waals surface area contributed by atoms with Gasteiger partial charge in [0.25, 0.3) is 5.91 Å². The average molecular weight is 330 g/mol. The van der Waals surface area contributed by atoms with E-state index in [0.717, 1.165) is 28.2 Å². The molecule has 2 heterocycles. The van der Waals surface area contributed by atoms with Crippen LogP contribution in [0.25, 0.3) is 11.0 Å². The van der Waals surface area contributed by atoms with Gasteiger partial charge in [0.2, 0.25) is 0 Å². The zero-order chi connectivity index (χ0) is 16.7. The molecule has 0 radical (unpaired) electrons. The first-order valence-electron chi connectivity index (χ1n) is 7.35. The number of aryl methyl sites for hydroxylation is 4. The van der Waals surface area contributed by atoms with E-state index >= 15 is 0 Å². The van der Waals surface area contributed by atoms with Gasteiger partial charge in [0.15, 0.2) is 0 Å². The molecule has 0 spiro atoms. The molecule has 1 N–H and O–H groups in total. The lowest BCUT2D eigenvalue weighted by Crippen LogP contribution is -2.19. The number of thiazole rings is 1. The summed E-state index contributed by atoms with van der Waals surface area (Å²) in [7, 11) is 3.45. The van der Waals surface area contributed by atoms with E-state index in [1.807, 2.05) is 26.0 Å². The maximum atomic E-state index is 12.4. The standard InChI is InChI=1S/C16H18N4O2S/c1-5-13-17-9(2)14(23-13)15(21)18-10-6-7-11-12(8-10)20(4)16(22)19(11)3/h6-8H,5H2,1-4H3,(H,18,21). The lowest BCUT2D eigenvalue weighted by atomic mass is 10.2. The molecular weight excluding hydrogens is 312 g/mol. The minimum absolute atomic E-state index is 0.0886. The molecule has 2 aromatic heterocycles. The molecular formula is C16H18N4O2S.